The molecule has 0 radical (unpaired) electrons. The topological polar surface area (TPSA) is 58.4 Å². The minimum absolute atomic E-state index is 0.0956. The molecule has 1 amide bonds. The normalized spacial score (nSPS) is 11.0. The van der Waals surface area contributed by atoms with Crippen LogP contribution in [-0.4, -0.2) is 43.0 Å². The standard InChI is InChI=1S/C10H23N3O/c1-4-12-10(14)8-13(9(2)3)7-5-6-11/h9H,4-8,11H2,1-3H3,(H,12,14). The molecule has 4 nitrogen and oxygen atoms in total. The van der Waals surface area contributed by atoms with Gasteiger partial charge in [0, 0.05) is 19.1 Å². The highest BCUT2D eigenvalue weighted by Crippen LogP contribution is 1.98. The molecule has 0 heterocycles. The van der Waals surface area contributed by atoms with Crippen molar-refractivity contribution in [2.45, 2.75) is 33.2 Å². The highest BCUT2D eigenvalue weighted by atomic mass is 16.2. The van der Waals surface area contributed by atoms with Crippen molar-refractivity contribution in [3.8, 4) is 0 Å². The Morgan fingerprint density at radius 1 is 1.50 bits per heavy atom. The van der Waals surface area contributed by atoms with Crippen molar-refractivity contribution in [1.82, 2.24) is 10.2 Å². The highest BCUT2D eigenvalue weighted by Gasteiger charge is 2.12. The molecule has 0 aliphatic carbocycles. The molecule has 0 aromatic carbocycles. The van der Waals surface area contributed by atoms with Gasteiger partial charge < -0.3 is 11.1 Å². The van der Waals surface area contributed by atoms with Crippen molar-refractivity contribution >= 4 is 5.91 Å². The van der Waals surface area contributed by atoms with Crippen LogP contribution in [0, 0.1) is 0 Å². The van der Waals surface area contributed by atoms with Gasteiger partial charge in [-0.05, 0) is 33.7 Å². The van der Waals surface area contributed by atoms with E-state index >= 15 is 0 Å². The van der Waals surface area contributed by atoms with Gasteiger partial charge in [0.1, 0.15) is 0 Å². The van der Waals surface area contributed by atoms with E-state index in [1.807, 2.05) is 6.92 Å². The van der Waals surface area contributed by atoms with Crippen LogP contribution in [0.15, 0.2) is 0 Å². The predicted octanol–water partition coefficient (Wildman–Crippen LogP) is 0.182. The molecule has 0 atom stereocenters. The summed E-state index contributed by atoms with van der Waals surface area (Å²) in [5, 5.41) is 2.80. The molecule has 0 bridgehead atoms. The van der Waals surface area contributed by atoms with Crippen LogP contribution in [0.4, 0.5) is 0 Å². The molecule has 4 heteroatoms. The maximum atomic E-state index is 11.3. The summed E-state index contributed by atoms with van der Waals surface area (Å²) >= 11 is 0. The smallest absolute Gasteiger partial charge is 0.234 e. The molecule has 0 aromatic rings. The van der Waals surface area contributed by atoms with Gasteiger partial charge in [0.25, 0.3) is 0 Å². The largest absolute Gasteiger partial charge is 0.355 e. The summed E-state index contributed by atoms with van der Waals surface area (Å²) < 4.78 is 0. The van der Waals surface area contributed by atoms with Crippen molar-refractivity contribution in [3.05, 3.63) is 0 Å². The Morgan fingerprint density at radius 3 is 2.57 bits per heavy atom. The van der Waals surface area contributed by atoms with Crippen LogP contribution in [0.2, 0.25) is 0 Å². The Kier molecular flexibility index (Phi) is 7.42. The van der Waals surface area contributed by atoms with Crippen molar-refractivity contribution in [2.75, 3.05) is 26.2 Å². The number of hydrogen-bond acceptors (Lipinski definition) is 3. The van der Waals surface area contributed by atoms with E-state index in [4.69, 9.17) is 5.73 Å². The molecule has 0 rings (SSSR count). The molecule has 0 saturated carbocycles. The maximum Gasteiger partial charge on any atom is 0.234 e. The van der Waals surface area contributed by atoms with E-state index in [-0.39, 0.29) is 5.91 Å². The van der Waals surface area contributed by atoms with Gasteiger partial charge in [0.05, 0.1) is 6.54 Å². The molecule has 0 saturated heterocycles. The van der Waals surface area contributed by atoms with Crippen molar-refractivity contribution in [3.63, 3.8) is 0 Å². The Labute approximate surface area is 86.8 Å². The van der Waals surface area contributed by atoms with Crippen LogP contribution in [0.5, 0.6) is 0 Å². The third-order valence-electron chi connectivity index (χ3n) is 2.10. The van der Waals surface area contributed by atoms with E-state index in [2.05, 4.69) is 24.1 Å². The van der Waals surface area contributed by atoms with Crippen LogP contribution in [0.25, 0.3) is 0 Å². The fourth-order valence-electron chi connectivity index (χ4n) is 1.25. The van der Waals surface area contributed by atoms with Gasteiger partial charge in [-0.15, -0.1) is 0 Å². The third-order valence-corrected chi connectivity index (χ3v) is 2.10. The van der Waals surface area contributed by atoms with Gasteiger partial charge >= 0.3 is 0 Å². The van der Waals surface area contributed by atoms with Gasteiger partial charge in [-0.3, -0.25) is 9.69 Å². The van der Waals surface area contributed by atoms with Crippen LogP contribution >= 0.6 is 0 Å². The average Bonchev–Trinajstić information content (AvgIpc) is 2.12. The van der Waals surface area contributed by atoms with Gasteiger partial charge in [-0.1, -0.05) is 0 Å². The summed E-state index contributed by atoms with van der Waals surface area (Å²) in [5.41, 5.74) is 5.44. The predicted molar refractivity (Wildman–Crippen MR) is 59.1 cm³/mol. The van der Waals surface area contributed by atoms with Crippen LogP contribution in [0.1, 0.15) is 27.2 Å². The monoisotopic (exact) mass is 201 g/mol. The van der Waals surface area contributed by atoms with Crippen molar-refractivity contribution in [2.24, 2.45) is 5.73 Å². The summed E-state index contributed by atoms with van der Waals surface area (Å²) in [5.74, 6) is 0.0956. The lowest BCUT2D eigenvalue weighted by Gasteiger charge is -2.25. The van der Waals surface area contributed by atoms with Crippen LogP contribution < -0.4 is 11.1 Å². The molecule has 0 aromatic heterocycles. The Bertz CT molecular complexity index is 159. The molecule has 84 valence electrons. The fourth-order valence-corrected chi connectivity index (χ4v) is 1.25. The number of rotatable bonds is 7. The number of carbonyl (C=O) groups is 1. The Hall–Kier alpha value is -0.610. The fraction of sp³-hybridized carbons (Fsp3) is 0.900. The summed E-state index contributed by atoms with van der Waals surface area (Å²) in [6, 6.07) is 0.393. The first-order valence-electron chi connectivity index (χ1n) is 5.32. The summed E-state index contributed by atoms with van der Waals surface area (Å²) in [4.78, 5) is 13.5. The van der Waals surface area contributed by atoms with E-state index in [0.717, 1.165) is 13.0 Å². The van der Waals surface area contributed by atoms with Gasteiger partial charge in [0.2, 0.25) is 5.91 Å². The zero-order chi connectivity index (χ0) is 11.0. The molecule has 0 spiro atoms. The summed E-state index contributed by atoms with van der Waals surface area (Å²) in [6.45, 7) is 8.86. The lowest BCUT2D eigenvalue weighted by atomic mass is 10.2. The number of amides is 1. The molecule has 0 aliphatic rings. The minimum atomic E-state index is 0.0956. The van der Waals surface area contributed by atoms with E-state index in [0.29, 0.717) is 25.7 Å². The highest BCUT2D eigenvalue weighted by molar-refractivity contribution is 5.77. The third kappa shape index (κ3) is 5.94. The lowest BCUT2D eigenvalue weighted by molar-refractivity contribution is -0.122. The number of nitrogens with zero attached hydrogens (tertiary/aromatic N) is 1. The van der Waals surface area contributed by atoms with E-state index in [1.54, 1.807) is 0 Å². The number of carbonyl (C=O) groups excluding carboxylic acids is 1. The van der Waals surface area contributed by atoms with Crippen LogP contribution in [0.3, 0.4) is 0 Å². The van der Waals surface area contributed by atoms with Crippen molar-refractivity contribution < 1.29 is 4.79 Å². The summed E-state index contributed by atoms with van der Waals surface area (Å²) in [7, 11) is 0. The zero-order valence-electron chi connectivity index (χ0n) is 9.55. The molecule has 3 N–H and O–H groups in total. The average molecular weight is 201 g/mol. The molecular weight excluding hydrogens is 178 g/mol. The van der Waals surface area contributed by atoms with E-state index in [9.17, 15) is 4.79 Å². The Morgan fingerprint density at radius 2 is 2.14 bits per heavy atom. The second-order valence-corrected chi connectivity index (χ2v) is 3.66. The quantitative estimate of drug-likeness (QED) is 0.618. The van der Waals surface area contributed by atoms with Crippen molar-refractivity contribution in [1.29, 1.82) is 0 Å². The SMILES string of the molecule is CCNC(=O)CN(CCCN)C(C)C. The number of nitrogens with two attached hydrogens (primary N) is 1. The number of hydrogen-bond donors (Lipinski definition) is 2. The van der Waals surface area contributed by atoms with Gasteiger partial charge in [-0.2, -0.15) is 0 Å². The second kappa shape index (κ2) is 7.76. The minimum Gasteiger partial charge on any atom is -0.355 e. The van der Waals surface area contributed by atoms with Gasteiger partial charge in [-0.25, -0.2) is 0 Å². The lowest BCUT2D eigenvalue weighted by Crippen LogP contribution is -2.41. The van der Waals surface area contributed by atoms with Crippen LogP contribution in [-0.2, 0) is 4.79 Å². The van der Waals surface area contributed by atoms with E-state index < -0.39 is 0 Å². The first-order chi connectivity index (χ1) is 6.61. The molecular formula is C10H23N3O. The Balaban J connectivity index is 3.89. The van der Waals surface area contributed by atoms with Gasteiger partial charge in [0.15, 0.2) is 0 Å². The first-order valence-corrected chi connectivity index (χ1v) is 5.32. The molecule has 0 aliphatic heterocycles. The maximum absolute atomic E-state index is 11.3. The zero-order valence-corrected chi connectivity index (χ0v) is 9.55. The summed E-state index contributed by atoms with van der Waals surface area (Å²) in [6.07, 6.45) is 0.942. The second-order valence-electron chi connectivity index (χ2n) is 3.66. The molecule has 0 fully saturated rings. The number of nitrogens with one attached hydrogen (secondary N) is 1. The number of likely N-dealkylation sites (N-methyl/N-ethyl adjacent to an activating group) is 1. The first kappa shape index (κ1) is 13.4. The van der Waals surface area contributed by atoms with E-state index in [1.165, 1.54) is 0 Å². The molecule has 0 unspecified atom stereocenters. The molecule has 14 heavy (non-hydrogen) atoms.